The summed E-state index contributed by atoms with van der Waals surface area (Å²) in [6, 6.07) is 5.15. The Hall–Kier alpha value is 0.354. The third kappa shape index (κ3) is 6.10. The van der Waals surface area contributed by atoms with Crippen molar-refractivity contribution >= 4 is 19.4 Å². The molecule has 0 radical (unpaired) electrons. The molecule has 2 saturated carbocycles. The Morgan fingerprint density at radius 1 is 0.636 bits per heavy atom. The van der Waals surface area contributed by atoms with E-state index < -0.39 is 0 Å². The molecule has 0 aliphatic heterocycles. The largest absolute Gasteiger partial charge is 0.327 e. The molecule has 0 aromatic rings. The molecule has 2 fully saturated rings. The lowest BCUT2D eigenvalue weighted by Crippen LogP contribution is -2.41. The SMILES string of the molecule is CCN([SiH2]CC[SiH2]N(CC)C1CCCCC1)C1CCCCC1. The first-order valence-corrected chi connectivity index (χ1v) is 13.6. The van der Waals surface area contributed by atoms with Crippen LogP contribution in [0.25, 0.3) is 0 Å². The van der Waals surface area contributed by atoms with Crippen LogP contribution < -0.4 is 0 Å². The number of nitrogens with zero attached hydrogens (tertiary/aromatic N) is 2. The molecule has 22 heavy (non-hydrogen) atoms. The van der Waals surface area contributed by atoms with E-state index in [1.54, 1.807) is 12.1 Å². The van der Waals surface area contributed by atoms with Gasteiger partial charge in [0.15, 0.2) is 0 Å². The molecule has 4 heteroatoms. The Morgan fingerprint density at radius 2 is 1.00 bits per heavy atom. The highest BCUT2D eigenvalue weighted by molar-refractivity contribution is 6.38. The van der Waals surface area contributed by atoms with Crippen molar-refractivity contribution < 1.29 is 0 Å². The summed E-state index contributed by atoms with van der Waals surface area (Å²) < 4.78 is 5.87. The zero-order chi connectivity index (χ0) is 15.6. The smallest absolute Gasteiger partial charge is 0.0951 e. The average Bonchev–Trinajstić information content (AvgIpc) is 2.60. The van der Waals surface area contributed by atoms with Crippen LogP contribution in [-0.4, -0.2) is 53.7 Å². The molecule has 0 N–H and O–H groups in total. The lowest BCUT2D eigenvalue weighted by molar-refractivity contribution is 0.263. The quantitative estimate of drug-likeness (QED) is 0.469. The Labute approximate surface area is 144 Å². The molecule has 0 aromatic heterocycles. The van der Waals surface area contributed by atoms with Gasteiger partial charge in [-0.15, -0.1) is 0 Å². The normalized spacial score (nSPS) is 22.9. The Balaban J connectivity index is 1.63. The highest BCUT2D eigenvalue weighted by Crippen LogP contribution is 2.23. The van der Waals surface area contributed by atoms with E-state index in [4.69, 9.17) is 0 Å². The van der Waals surface area contributed by atoms with Crippen LogP contribution in [0.1, 0.15) is 78.1 Å². The summed E-state index contributed by atoms with van der Waals surface area (Å²) in [5.74, 6) is 0. The Kier molecular flexibility index (Phi) is 9.35. The average molecular weight is 341 g/mol. The summed E-state index contributed by atoms with van der Waals surface area (Å²) in [4.78, 5) is 0. The maximum atomic E-state index is 2.93. The Bertz CT molecular complexity index is 248. The van der Waals surface area contributed by atoms with Crippen LogP contribution in [0.2, 0.25) is 12.1 Å². The molecule has 0 heterocycles. The van der Waals surface area contributed by atoms with Crippen molar-refractivity contribution in [1.29, 1.82) is 0 Å². The van der Waals surface area contributed by atoms with Gasteiger partial charge in [0.1, 0.15) is 0 Å². The summed E-state index contributed by atoms with van der Waals surface area (Å²) >= 11 is 0. The van der Waals surface area contributed by atoms with E-state index in [0.717, 1.165) is 12.1 Å². The van der Waals surface area contributed by atoms with Gasteiger partial charge in [-0.05, 0) is 38.8 Å². The zero-order valence-corrected chi connectivity index (χ0v) is 18.2. The summed E-state index contributed by atoms with van der Waals surface area (Å²) in [6.45, 7) is 7.47. The maximum Gasteiger partial charge on any atom is 0.0951 e. The summed E-state index contributed by atoms with van der Waals surface area (Å²) in [5, 5.41) is 0. The van der Waals surface area contributed by atoms with Crippen LogP contribution >= 0.6 is 0 Å². The first kappa shape index (κ1) is 18.7. The van der Waals surface area contributed by atoms with Crippen molar-refractivity contribution in [2.45, 2.75) is 102 Å². The summed E-state index contributed by atoms with van der Waals surface area (Å²) in [7, 11) is 0.0856. The minimum absolute atomic E-state index is 0.0428. The van der Waals surface area contributed by atoms with Crippen molar-refractivity contribution in [2.75, 3.05) is 13.1 Å². The molecule has 2 aliphatic carbocycles. The van der Waals surface area contributed by atoms with Gasteiger partial charge >= 0.3 is 0 Å². The fraction of sp³-hybridized carbons (Fsp3) is 1.00. The number of hydrogen-bond acceptors (Lipinski definition) is 2. The van der Waals surface area contributed by atoms with Crippen molar-refractivity contribution in [3.05, 3.63) is 0 Å². The van der Waals surface area contributed by atoms with E-state index in [9.17, 15) is 0 Å². The van der Waals surface area contributed by atoms with Gasteiger partial charge < -0.3 is 9.13 Å². The van der Waals surface area contributed by atoms with Crippen LogP contribution in [0, 0.1) is 0 Å². The molecule has 0 saturated heterocycles. The van der Waals surface area contributed by atoms with Gasteiger partial charge in [0.05, 0.1) is 19.4 Å². The maximum absolute atomic E-state index is 2.93. The molecule has 0 aromatic carbocycles. The van der Waals surface area contributed by atoms with Gasteiger partial charge in [-0.3, -0.25) is 0 Å². The topological polar surface area (TPSA) is 6.48 Å². The second-order valence-corrected chi connectivity index (χ2v) is 11.5. The van der Waals surface area contributed by atoms with Crippen LogP contribution in [0.4, 0.5) is 0 Å². The molecular formula is C18H40N2Si2. The minimum atomic E-state index is 0.0428. The molecule has 130 valence electrons. The molecule has 0 atom stereocenters. The first-order chi connectivity index (χ1) is 10.8. The molecule has 0 amide bonds. The van der Waals surface area contributed by atoms with Crippen molar-refractivity contribution in [2.24, 2.45) is 0 Å². The fourth-order valence-corrected chi connectivity index (χ4v) is 9.41. The van der Waals surface area contributed by atoms with E-state index in [1.807, 2.05) is 0 Å². The molecule has 0 spiro atoms. The molecule has 0 unspecified atom stereocenters. The van der Waals surface area contributed by atoms with Crippen LogP contribution in [-0.2, 0) is 0 Å². The van der Waals surface area contributed by atoms with Gasteiger partial charge in [-0.1, -0.05) is 64.5 Å². The molecule has 2 rings (SSSR count). The van der Waals surface area contributed by atoms with E-state index >= 15 is 0 Å². The lowest BCUT2D eigenvalue weighted by atomic mass is 9.95. The zero-order valence-electron chi connectivity index (χ0n) is 15.4. The summed E-state index contributed by atoms with van der Waals surface area (Å²) in [6.07, 6.45) is 15.0. The van der Waals surface area contributed by atoms with Gasteiger partial charge in [0.25, 0.3) is 0 Å². The van der Waals surface area contributed by atoms with E-state index in [2.05, 4.69) is 23.0 Å². The number of rotatable bonds is 9. The van der Waals surface area contributed by atoms with Crippen LogP contribution in [0.15, 0.2) is 0 Å². The van der Waals surface area contributed by atoms with Gasteiger partial charge in [0, 0.05) is 12.1 Å². The fourth-order valence-electron chi connectivity index (χ4n) is 4.72. The summed E-state index contributed by atoms with van der Waals surface area (Å²) in [5.41, 5.74) is 0. The lowest BCUT2D eigenvalue weighted by Gasteiger charge is -2.35. The molecular weight excluding hydrogens is 300 g/mol. The van der Waals surface area contributed by atoms with Gasteiger partial charge in [-0.25, -0.2) is 0 Å². The Morgan fingerprint density at radius 3 is 1.32 bits per heavy atom. The second-order valence-electron chi connectivity index (χ2n) is 7.55. The standard InChI is InChI=1S/C18H40N2Si2/c1-3-19(17-11-7-5-8-12-17)21-15-16-22-20(4-2)18-13-9-6-10-14-18/h17-18H,3-16,21-22H2,1-2H3. The second kappa shape index (κ2) is 11.0. The van der Waals surface area contributed by atoms with E-state index in [1.165, 1.54) is 77.3 Å². The molecule has 0 bridgehead atoms. The molecule has 2 nitrogen and oxygen atoms in total. The molecule has 2 aliphatic rings. The van der Waals surface area contributed by atoms with Crippen LogP contribution in [0.5, 0.6) is 0 Å². The highest BCUT2D eigenvalue weighted by atomic mass is 28.2. The van der Waals surface area contributed by atoms with Crippen molar-refractivity contribution in [3.8, 4) is 0 Å². The highest BCUT2D eigenvalue weighted by Gasteiger charge is 2.21. The monoisotopic (exact) mass is 340 g/mol. The predicted octanol–water partition coefficient (Wildman–Crippen LogP) is 3.30. The third-order valence-electron chi connectivity index (χ3n) is 6.14. The predicted molar refractivity (Wildman–Crippen MR) is 105 cm³/mol. The van der Waals surface area contributed by atoms with E-state index in [-0.39, 0.29) is 19.4 Å². The van der Waals surface area contributed by atoms with Crippen molar-refractivity contribution in [1.82, 2.24) is 9.13 Å². The first-order valence-electron chi connectivity index (χ1n) is 10.3. The van der Waals surface area contributed by atoms with Gasteiger partial charge in [-0.2, -0.15) is 0 Å². The number of hydrogen-bond donors (Lipinski definition) is 0. The van der Waals surface area contributed by atoms with Gasteiger partial charge in [0.2, 0.25) is 0 Å². The third-order valence-corrected chi connectivity index (χ3v) is 11.8. The van der Waals surface area contributed by atoms with Crippen LogP contribution in [0.3, 0.4) is 0 Å². The van der Waals surface area contributed by atoms with Crippen molar-refractivity contribution in [3.63, 3.8) is 0 Å². The minimum Gasteiger partial charge on any atom is -0.327 e. The van der Waals surface area contributed by atoms with E-state index in [0.29, 0.717) is 0 Å².